The van der Waals surface area contributed by atoms with E-state index >= 15 is 0 Å². The Morgan fingerprint density at radius 3 is 0.600 bits per heavy atom. The summed E-state index contributed by atoms with van der Waals surface area (Å²) in [5, 5.41) is 0. The summed E-state index contributed by atoms with van der Waals surface area (Å²) in [5.41, 5.74) is 0. The van der Waals surface area contributed by atoms with E-state index in [-0.39, 0.29) is 0 Å². The third kappa shape index (κ3) is 628. The van der Waals surface area contributed by atoms with Gasteiger partial charge in [-0.05, 0) is 0 Å². The van der Waals surface area contributed by atoms with Gasteiger partial charge in [0.15, 0.2) is 0 Å². The Kier molecular flexibility index (Phi) is 660. The first kappa shape index (κ1) is 70.6. The van der Waals surface area contributed by atoms with Crippen molar-refractivity contribution in [1.82, 2.24) is 0 Å². The summed E-state index contributed by atoms with van der Waals surface area (Å²) in [6.45, 7) is 49.9. The molecule has 0 saturated carbocycles. The van der Waals surface area contributed by atoms with Crippen molar-refractivity contribution in [2.24, 2.45) is 0 Å². The Morgan fingerprint density at radius 2 is 0.533 bits per heavy atom. The molecule has 0 radical (unpaired) electrons. The van der Waals surface area contributed by atoms with Gasteiger partial charge in [0.25, 0.3) is 0 Å². The summed E-state index contributed by atoms with van der Waals surface area (Å²) in [5.74, 6) is 0. The Labute approximate surface area is 190 Å². The number of rotatable bonds is 5. The van der Waals surface area contributed by atoms with Gasteiger partial charge in [-0.3, -0.25) is 0 Å². The first-order chi connectivity index (χ1) is 14.6. The van der Waals surface area contributed by atoms with Gasteiger partial charge < -0.3 is 0 Å². The van der Waals surface area contributed by atoms with Crippen molar-refractivity contribution in [2.45, 2.75) is 13.8 Å². The fourth-order valence-corrected chi connectivity index (χ4v) is 0.631. The molecule has 158 valence electrons. The van der Waals surface area contributed by atoms with E-state index in [1.54, 1.807) is 0 Å². The van der Waals surface area contributed by atoms with Gasteiger partial charge in [0, 0.05) is 0 Å². The average molecular weight is 498 g/mol. The summed E-state index contributed by atoms with van der Waals surface area (Å²) in [4.78, 5) is 0. The standard InChI is InChI=1S/C6H10O2.10CO.2Cr/c1-3-7-5-6-8-4-2;10*1-2;;/h5-6H2,1-2H3;;;;;;;;;;;;. The average Bonchev–Trinajstić information content (AvgIpc) is 2.89. The summed E-state index contributed by atoms with van der Waals surface area (Å²) in [7, 11) is 0. The van der Waals surface area contributed by atoms with Crippen LogP contribution in [0.2, 0.25) is 0 Å². The molecule has 0 N–H and O–H groups in total. The second-order valence-electron chi connectivity index (χ2n) is 1.68. The molecule has 0 unspecified atom stereocenters. The van der Waals surface area contributed by atoms with E-state index in [1.807, 2.05) is 13.8 Å². The Hall–Kier alpha value is -1.88. The quantitative estimate of drug-likeness (QED) is 0.291. The number of ether oxygens (including phenoxy) is 2. The van der Waals surface area contributed by atoms with Crippen LogP contribution in [0.1, 0.15) is 13.8 Å². The molecular formula is C16H10Cr2O12. The van der Waals surface area contributed by atoms with Crippen molar-refractivity contribution in [3.63, 3.8) is 0 Å². The van der Waals surface area contributed by atoms with Crippen molar-refractivity contribution >= 4 is 9.13 Å². The second-order valence-corrected chi connectivity index (χ2v) is 3.48. The van der Waals surface area contributed by atoms with Gasteiger partial charge in [-0.2, -0.15) is 0 Å². The summed E-state index contributed by atoms with van der Waals surface area (Å²) < 4.78 is 86.9. The van der Waals surface area contributed by atoms with Crippen molar-refractivity contribution in [1.29, 1.82) is 0 Å². The summed E-state index contributed by atoms with van der Waals surface area (Å²) >= 11 is 5.50. The topological polar surface area (TPSA) is 217 Å². The third-order valence-electron chi connectivity index (χ3n) is 0.694. The zero-order valence-electron chi connectivity index (χ0n) is 15.1. The normalized spacial score (nSPS) is 3.80. The van der Waals surface area contributed by atoms with E-state index < -0.39 is 0 Å². The van der Waals surface area contributed by atoms with Gasteiger partial charge in [0.2, 0.25) is 0 Å². The van der Waals surface area contributed by atoms with E-state index in [1.165, 1.54) is 0 Å². The van der Waals surface area contributed by atoms with Crippen molar-refractivity contribution in [3.05, 3.63) is 66.5 Å². The Balaban J connectivity index is -0.0000000170. The van der Waals surface area contributed by atoms with Crippen LogP contribution in [0.4, 0.5) is 0 Å². The molecular weight excluding hydrogens is 488 g/mol. The molecule has 30 heavy (non-hydrogen) atoms. The van der Waals surface area contributed by atoms with Crippen LogP contribution in [0.3, 0.4) is 0 Å². The zero-order valence-corrected chi connectivity index (χ0v) is 17.7. The molecule has 0 saturated heterocycles. The van der Waals surface area contributed by atoms with Gasteiger partial charge in [-0.1, -0.05) is 0 Å². The van der Waals surface area contributed by atoms with Gasteiger partial charge in [-0.25, -0.2) is 0 Å². The predicted octanol–water partition coefficient (Wildman–Crippen LogP) is 0.0377. The molecule has 0 fully saturated rings. The van der Waals surface area contributed by atoms with Crippen LogP contribution < -0.4 is 0 Å². The van der Waals surface area contributed by atoms with Gasteiger partial charge in [0.05, 0.1) is 0 Å². The van der Waals surface area contributed by atoms with E-state index in [4.69, 9.17) is 56.0 Å². The van der Waals surface area contributed by atoms with E-state index in [0.717, 1.165) is 9.13 Å². The zero-order chi connectivity index (χ0) is 28.0. The van der Waals surface area contributed by atoms with Gasteiger partial charge in [0.1, 0.15) is 0 Å². The van der Waals surface area contributed by atoms with Crippen molar-refractivity contribution in [2.75, 3.05) is 13.2 Å². The molecule has 0 bridgehead atoms. The predicted molar refractivity (Wildman–Crippen MR) is 72.6 cm³/mol. The minimum absolute atomic E-state index is 0.595. The fourth-order valence-electron chi connectivity index (χ4n) is 0.371. The molecule has 0 amide bonds. The first-order valence-electron chi connectivity index (χ1n) is 4.94. The van der Waals surface area contributed by atoms with Gasteiger partial charge >= 0.3 is 190 Å². The molecule has 12 nitrogen and oxygen atoms in total. The van der Waals surface area contributed by atoms with Crippen LogP contribution in [-0.4, -0.2) is 22.3 Å². The molecule has 0 aromatic heterocycles. The Morgan fingerprint density at radius 1 is 0.433 bits per heavy atom. The molecule has 0 atom stereocenters. The number of hydrogen-bond donors (Lipinski definition) is 0. The van der Waals surface area contributed by atoms with Gasteiger partial charge in [-0.15, -0.1) is 0 Å². The van der Waals surface area contributed by atoms with Crippen LogP contribution in [-0.2, 0) is 87.7 Å². The maximum absolute atomic E-state index is 7.50. The van der Waals surface area contributed by atoms with Crippen LogP contribution in [0.15, 0.2) is 0 Å². The van der Waals surface area contributed by atoms with E-state index in [9.17, 15) is 0 Å². The van der Waals surface area contributed by atoms with Crippen LogP contribution in [0.25, 0.3) is 0 Å². The molecule has 0 spiro atoms. The van der Waals surface area contributed by atoms with Crippen molar-refractivity contribution in [3.8, 4) is 0 Å². The molecule has 14 heteroatoms. The molecule has 0 heterocycles. The second kappa shape index (κ2) is 280. The first-order valence-corrected chi connectivity index (χ1v) is 6.21. The summed E-state index contributed by atoms with van der Waals surface area (Å²) in [6.07, 6.45) is 0. The summed E-state index contributed by atoms with van der Waals surface area (Å²) in [6, 6.07) is 0. The van der Waals surface area contributed by atoms with Crippen LogP contribution >= 0.6 is 0 Å². The van der Waals surface area contributed by atoms with E-state index in [2.05, 4.69) is 98.2 Å². The molecule has 0 aliphatic heterocycles. The molecule has 0 aromatic carbocycles. The third-order valence-corrected chi connectivity index (χ3v) is 1.06. The Bertz CT molecular complexity index is 375. The van der Waals surface area contributed by atoms with Crippen LogP contribution in [0, 0.1) is 66.5 Å². The maximum atomic E-state index is 7.50. The van der Waals surface area contributed by atoms with Crippen LogP contribution in [0.5, 0.6) is 0 Å². The minimum atomic E-state index is 0.595. The monoisotopic (exact) mass is 498 g/mol. The molecule has 0 rings (SSSR count). The molecule has 0 aliphatic rings. The SMILES string of the molecule is C[C](=[Cr])OCCO[C](C)=[Cr].[C-]#[O+].[C-]#[O+].[C-]#[O+].[C-]#[O+].[C-]#[O+].[C-]#[O+].[C-]#[O+].[C-]#[O+].[C-]#[O+].[C-]#[O+]. The number of hydrogen-bond acceptors (Lipinski definition) is 2. The molecule has 0 aromatic rings. The van der Waals surface area contributed by atoms with E-state index in [0.29, 0.717) is 13.2 Å². The molecule has 0 aliphatic carbocycles. The van der Waals surface area contributed by atoms with Crippen molar-refractivity contribution < 1.29 is 87.7 Å². The fraction of sp³-hybridized carbons (Fsp3) is 0.250.